The van der Waals surface area contributed by atoms with Gasteiger partial charge in [0.2, 0.25) is 0 Å². The van der Waals surface area contributed by atoms with E-state index in [4.69, 9.17) is 0 Å². The highest BCUT2D eigenvalue weighted by Gasteiger charge is 2.03. The number of hydrogen-bond acceptors (Lipinski definition) is 4. The average Bonchev–Trinajstić information content (AvgIpc) is 2.49. The lowest BCUT2D eigenvalue weighted by molar-refractivity contribution is 0.112. The molecule has 0 spiro atoms. The van der Waals surface area contributed by atoms with Crippen molar-refractivity contribution in [2.45, 2.75) is 4.90 Å². The Hall–Kier alpha value is -0.870. The van der Waals surface area contributed by atoms with Crippen LogP contribution in [0.15, 0.2) is 23.1 Å². The minimum absolute atomic E-state index is 0.506. The molecule has 2 rings (SSSR count). The molecule has 2 nitrogen and oxygen atoms in total. The Morgan fingerprint density at radius 3 is 3.00 bits per heavy atom. The highest BCUT2D eigenvalue weighted by molar-refractivity contribution is 7.80. The minimum atomic E-state index is 0.506. The van der Waals surface area contributed by atoms with E-state index in [-0.39, 0.29) is 0 Å². The van der Waals surface area contributed by atoms with Gasteiger partial charge in [-0.3, -0.25) is 4.79 Å². The van der Waals surface area contributed by atoms with Crippen LogP contribution >= 0.6 is 24.0 Å². The van der Waals surface area contributed by atoms with E-state index in [0.717, 1.165) is 21.4 Å². The molecule has 1 aromatic heterocycles. The van der Waals surface area contributed by atoms with E-state index in [1.54, 1.807) is 0 Å². The van der Waals surface area contributed by atoms with Crippen LogP contribution in [0.5, 0.6) is 0 Å². The number of aromatic nitrogens is 1. The van der Waals surface area contributed by atoms with Crippen LogP contribution < -0.4 is 0 Å². The van der Waals surface area contributed by atoms with Crippen molar-refractivity contribution in [3.8, 4) is 0 Å². The number of aldehydes is 1. The van der Waals surface area contributed by atoms with Crippen molar-refractivity contribution in [2.75, 3.05) is 0 Å². The molecule has 4 heteroatoms. The number of carbonyl (C=O) groups is 1. The van der Waals surface area contributed by atoms with Gasteiger partial charge in [0, 0.05) is 4.90 Å². The number of nitrogens with zero attached hydrogens (tertiary/aromatic N) is 1. The predicted octanol–water partition coefficient (Wildman–Crippen LogP) is 2.40. The monoisotopic (exact) mass is 195 g/mol. The van der Waals surface area contributed by atoms with Crippen molar-refractivity contribution in [2.24, 2.45) is 0 Å². The normalized spacial score (nSPS) is 10.4. The van der Waals surface area contributed by atoms with Gasteiger partial charge in [0.15, 0.2) is 11.3 Å². The van der Waals surface area contributed by atoms with E-state index in [9.17, 15) is 4.79 Å². The van der Waals surface area contributed by atoms with Gasteiger partial charge in [-0.25, -0.2) is 4.98 Å². The van der Waals surface area contributed by atoms with E-state index >= 15 is 0 Å². The van der Waals surface area contributed by atoms with Crippen LogP contribution in [0, 0.1) is 0 Å². The van der Waals surface area contributed by atoms with Gasteiger partial charge in [-0.2, -0.15) is 0 Å². The number of rotatable bonds is 1. The zero-order chi connectivity index (χ0) is 8.55. The van der Waals surface area contributed by atoms with Crippen LogP contribution in [0.1, 0.15) is 9.80 Å². The summed E-state index contributed by atoms with van der Waals surface area (Å²) in [5.74, 6) is 0. The molecule has 0 aliphatic heterocycles. The molecule has 60 valence electrons. The number of carbonyl (C=O) groups excluding carboxylic acids is 1. The van der Waals surface area contributed by atoms with E-state index < -0.39 is 0 Å². The molecule has 12 heavy (non-hydrogen) atoms. The summed E-state index contributed by atoms with van der Waals surface area (Å²) in [6.45, 7) is 0. The van der Waals surface area contributed by atoms with Crippen LogP contribution in [0.4, 0.5) is 0 Å². The summed E-state index contributed by atoms with van der Waals surface area (Å²) in [7, 11) is 0. The van der Waals surface area contributed by atoms with Gasteiger partial charge in [-0.1, -0.05) is 6.07 Å². The van der Waals surface area contributed by atoms with Gasteiger partial charge in [0.1, 0.15) is 0 Å². The molecule has 0 radical (unpaired) electrons. The van der Waals surface area contributed by atoms with Gasteiger partial charge in [-0.05, 0) is 12.1 Å². The zero-order valence-electron chi connectivity index (χ0n) is 6.02. The summed E-state index contributed by atoms with van der Waals surface area (Å²) >= 11 is 5.61. The lowest BCUT2D eigenvalue weighted by Gasteiger charge is -1.89. The maximum Gasteiger partial charge on any atom is 0.178 e. The summed E-state index contributed by atoms with van der Waals surface area (Å²) in [6.07, 6.45) is 0.762. The molecule has 0 unspecified atom stereocenters. The predicted molar refractivity (Wildman–Crippen MR) is 52.3 cm³/mol. The first-order valence-corrected chi connectivity index (χ1v) is 4.61. The largest absolute Gasteiger partial charge is 0.295 e. The zero-order valence-corrected chi connectivity index (χ0v) is 7.73. The van der Waals surface area contributed by atoms with Crippen molar-refractivity contribution in [3.05, 3.63) is 23.2 Å². The maximum atomic E-state index is 10.4. The van der Waals surface area contributed by atoms with E-state index in [1.165, 1.54) is 11.3 Å². The SMILES string of the molecule is O=Cc1nc2c(S)cccc2s1. The summed E-state index contributed by atoms with van der Waals surface area (Å²) in [6, 6.07) is 5.69. The summed E-state index contributed by atoms with van der Waals surface area (Å²) < 4.78 is 1.00. The smallest absolute Gasteiger partial charge is 0.178 e. The average molecular weight is 195 g/mol. The molecule has 2 aromatic rings. The van der Waals surface area contributed by atoms with Crippen molar-refractivity contribution in [1.29, 1.82) is 0 Å². The van der Waals surface area contributed by atoms with E-state index in [0.29, 0.717) is 5.01 Å². The fraction of sp³-hybridized carbons (Fsp3) is 0. The Bertz CT molecular complexity index is 436. The number of para-hydroxylation sites is 1. The lowest BCUT2D eigenvalue weighted by Crippen LogP contribution is -1.74. The van der Waals surface area contributed by atoms with E-state index in [1.807, 2.05) is 18.2 Å². The molecule has 0 saturated heterocycles. The fourth-order valence-electron chi connectivity index (χ4n) is 1.00. The highest BCUT2D eigenvalue weighted by atomic mass is 32.1. The molecule has 0 fully saturated rings. The number of benzene rings is 1. The second-order valence-corrected chi connectivity index (χ2v) is 3.84. The molecule has 0 bridgehead atoms. The Balaban J connectivity index is 2.82. The third-order valence-corrected chi connectivity index (χ3v) is 2.82. The number of thiazole rings is 1. The Kier molecular flexibility index (Phi) is 1.86. The third kappa shape index (κ3) is 1.13. The molecule has 0 amide bonds. The van der Waals surface area contributed by atoms with Crippen molar-refractivity contribution < 1.29 is 4.79 Å². The summed E-state index contributed by atoms with van der Waals surface area (Å²) in [4.78, 5) is 15.3. The minimum Gasteiger partial charge on any atom is -0.295 e. The molecule has 0 aliphatic rings. The maximum absolute atomic E-state index is 10.4. The molecule has 0 aliphatic carbocycles. The Morgan fingerprint density at radius 2 is 2.33 bits per heavy atom. The molecular weight excluding hydrogens is 190 g/mol. The second-order valence-electron chi connectivity index (χ2n) is 2.29. The van der Waals surface area contributed by atoms with Crippen LogP contribution in [-0.4, -0.2) is 11.3 Å². The van der Waals surface area contributed by atoms with Gasteiger partial charge in [0.25, 0.3) is 0 Å². The first kappa shape index (κ1) is 7.76. The summed E-state index contributed by atoms with van der Waals surface area (Å²) in [5.41, 5.74) is 0.813. The topological polar surface area (TPSA) is 30.0 Å². The van der Waals surface area contributed by atoms with Crippen molar-refractivity contribution >= 4 is 40.5 Å². The van der Waals surface area contributed by atoms with Gasteiger partial charge in [-0.15, -0.1) is 24.0 Å². The highest BCUT2D eigenvalue weighted by Crippen LogP contribution is 2.25. The molecular formula is C8H5NOS2. The van der Waals surface area contributed by atoms with Crippen LogP contribution in [-0.2, 0) is 0 Å². The van der Waals surface area contributed by atoms with Crippen molar-refractivity contribution in [1.82, 2.24) is 4.98 Å². The number of hydrogen-bond donors (Lipinski definition) is 1. The Labute approximate surface area is 78.7 Å². The molecule has 1 heterocycles. The van der Waals surface area contributed by atoms with Crippen molar-refractivity contribution in [3.63, 3.8) is 0 Å². The standard InChI is InChI=1S/C8H5NOS2/c10-4-7-9-8-5(11)2-1-3-6(8)12-7/h1-4,11H. The number of fused-ring (bicyclic) bond motifs is 1. The molecule has 0 saturated carbocycles. The van der Waals surface area contributed by atoms with Crippen LogP contribution in [0.25, 0.3) is 10.2 Å². The van der Waals surface area contributed by atoms with Gasteiger partial charge < -0.3 is 0 Å². The third-order valence-electron chi connectivity index (χ3n) is 1.52. The first-order valence-electron chi connectivity index (χ1n) is 3.35. The lowest BCUT2D eigenvalue weighted by atomic mass is 10.3. The quantitative estimate of drug-likeness (QED) is 0.559. The first-order chi connectivity index (χ1) is 5.81. The van der Waals surface area contributed by atoms with Gasteiger partial charge >= 0.3 is 0 Å². The van der Waals surface area contributed by atoms with Crippen LogP contribution in [0.2, 0.25) is 0 Å². The molecule has 0 N–H and O–H groups in total. The Morgan fingerprint density at radius 1 is 1.50 bits per heavy atom. The number of thiol groups is 1. The summed E-state index contributed by atoms with van der Waals surface area (Å²) in [5, 5.41) is 0.506. The van der Waals surface area contributed by atoms with Crippen LogP contribution in [0.3, 0.4) is 0 Å². The van der Waals surface area contributed by atoms with E-state index in [2.05, 4.69) is 17.6 Å². The molecule has 0 atom stereocenters. The fourth-order valence-corrected chi connectivity index (χ4v) is 2.14. The second kappa shape index (κ2) is 2.88. The molecule has 1 aromatic carbocycles. The van der Waals surface area contributed by atoms with Gasteiger partial charge in [0.05, 0.1) is 10.2 Å².